The number of nitrogens with one attached hydrogen (secondary N) is 2. The molecule has 1 atom stereocenters. The van der Waals surface area contributed by atoms with Gasteiger partial charge < -0.3 is 10.3 Å². The molecule has 1 saturated heterocycles. The summed E-state index contributed by atoms with van der Waals surface area (Å²) >= 11 is 2.10. The molecule has 1 amide bonds. The van der Waals surface area contributed by atoms with Crippen LogP contribution in [0, 0.1) is 0 Å². The number of aromatic amines is 1. The Morgan fingerprint density at radius 1 is 1.39 bits per heavy atom. The Morgan fingerprint density at radius 2 is 2.22 bits per heavy atom. The average molecular weight is 373 g/mol. The van der Waals surface area contributed by atoms with Crippen LogP contribution in [0.15, 0.2) is 31.9 Å². The van der Waals surface area contributed by atoms with E-state index in [0.29, 0.717) is 23.6 Å². The van der Waals surface area contributed by atoms with Gasteiger partial charge in [0.2, 0.25) is 0 Å². The minimum Gasteiger partial charge on any atom is -0.347 e. The second-order valence-electron chi connectivity index (χ2n) is 5.17. The van der Waals surface area contributed by atoms with Crippen LogP contribution >= 0.6 is 22.7 Å². The van der Waals surface area contributed by atoms with Crippen molar-refractivity contribution in [3.05, 3.63) is 38.3 Å². The molecule has 0 saturated carbocycles. The maximum Gasteiger partial charge on any atom is 0.305 e. The normalized spacial score (nSPS) is 19.6. The molecule has 3 rings (SSSR count). The first-order valence-corrected chi connectivity index (χ1v) is 10.2. The van der Waals surface area contributed by atoms with Gasteiger partial charge in [0, 0.05) is 24.5 Å². The number of thiophene rings is 1. The Kier molecular flexibility index (Phi) is 4.67. The number of amides is 1. The average Bonchev–Trinajstić information content (AvgIpc) is 3.19. The minimum atomic E-state index is -3.50. The van der Waals surface area contributed by atoms with Crippen molar-refractivity contribution >= 4 is 38.6 Å². The number of carbonyl (C=O) groups excluding carboxylic acids is 1. The van der Waals surface area contributed by atoms with Gasteiger partial charge in [0.1, 0.15) is 9.90 Å². The first-order chi connectivity index (χ1) is 11.0. The summed E-state index contributed by atoms with van der Waals surface area (Å²) in [7, 11) is -3.50. The van der Waals surface area contributed by atoms with E-state index in [1.165, 1.54) is 21.0 Å². The van der Waals surface area contributed by atoms with E-state index in [0.717, 1.165) is 11.3 Å². The molecule has 0 spiro atoms. The molecule has 2 aromatic rings. The van der Waals surface area contributed by atoms with Crippen LogP contribution in [0.1, 0.15) is 23.3 Å². The third-order valence-corrected chi connectivity index (χ3v) is 7.48. The highest BCUT2D eigenvalue weighted by molar-refractivity contribution is 7.91. The zero-order valence-electron chi connectivity index (χ0n) is 12.0. The van der Waals surface area contributed by atoms with Crippen LogP contribution in [0.25, 0.3) is 0 Å². The van der Waals surface area contributed by atoms with Crippen LogP contribution in [0.2, 0.25) is 0 Å². The quantitative estimate of drug-likeness (QED) is 0.838. The van der Waals surface area contributed by atoms with Crippen molar-refractivity contribution in [1.82, 2.24) is 14.6 Å². The summed E-state index contributed by atoms with van der Waals surface area (Å²) in [6.45, 7) is 0.683. The molecule has 2 aromatic heterocycles. The van der Waals surface area contributed by atoms with Gasteiger partial charge in [0.15, 0.2) is 0 Å². The number of H-pyrrole nitrogens is 1. The first-order valence-electron chi connectivity index (χ1n) is 6.99. The van der Waals surface area contributed by atoms with E-state index in [9.17, 15) is 18.0 Å². The molecule has 0 unspecified atom stereocenters. The second-order valence-corrected chi connectivity index (χ2v) is 9.12. The molecule has 3 heterocycles. The van der Waals surface area contributed by atoms with Gasteiger partial charge in [-0.2, -0.15) is 4.31 Å². The molecule has 0 aromatic carbocycles. The van der Waals surface area contributed by atoms with E-state index in [-0.39, 0.29) is 29.1 Å². The lowest BCUT2D eigenvalue weighted by Crippen LogP contribution is -2.49. The third-order valence-electron chi connectivity index (χ3n) is 3.57. The largest absolute Gasteiger partial charge is 0.347 e. The molecular weight excluding hydrogens is 358 g/mol. The number of aromatic nitrogens is 1. The smallest absolute Gasteiger partial charge is 0.305 e. The lowest BCUT2D eigenvalue weighted by Gasteiger charge is -2.31. The van der Waals surface area contributed by atoms with Gasteiger partial charge in [-0.05, 0) is 24.3 Å². The summed E-state index contributed by atoms with van der Waals surface area (Å²) in [4.78, 5) is 25.3. The Balaban J connectivity index is 1.69. The zero-order chi connectivity index (χ0) is 16.4. The van der Waals surface area contributed by atoms with E-state index in [1.807, 2.05) is 0 Å². The molecule has 7 nitrogen and oxygen atoms in total. The van der Waals surface area contributed by atoms with Crippen molar-refractivity contribution in [2.75, 3.05) is 13.1 Å². The molecule has 0 aliphatic carbocycles. The van der Waals surface area contributed by atoms with Crippen molar-refractivity contribution in [2.24, 2.45) is 0 Å². The van der Waals surface area contributed by atoms with Crippen molar-refractivity contribution in [2.45, 2.75) is 23.1 Å². The molecule has 0 bridgehead atoms. The predicted molar refractivity (Wildman–Crippen MR) is 88.5 cm³/mol. The fraction of sp³-hybridized carbons (Fsp3) is 0.385. The summed E-state index contributed by atoms with van der Waals surface area (Å²) < 4.78 is 26.8. The van der Waals surface area contributed by atoms with Gasteiger partial charge in [-0.25, -0.2) is 8.42 Å². The van der Waals surface area contributed by atoms with Crippen LogP contribution in [-0.2, 0) is 10.0 Å². The Bertz CT molecular complexity index is 838. The molecule has 10 heteroatoms. The number of hydrogen-bond acceptors (Lipinski definition) is 6. The van der Waals surface area contributed by atoms with E-state index in [4.69, 9.17) is 0 Å². The SMILES string of the molecule is O=C(N[C@@H]1CCCN(S(=O)(=O)c2cccs2)C1)c1csc(=O)[nH]1. The second kappa shape index (κ2) is 6.56. The van der Waals surface area contributed by atoms with E-state index in [1.54, 1.807) is 17.5 Å². The van der Waals surface area contributed by atoms with Gasteiger partial charge in [-0.1, -0.05) is 17.4 Å². The van der Waals surface area contributed by atoms with Crippen molar-refractivity contribution in [1.29, 1.82) is 0 Å². The molecule has 0 radical (unpaired) electrons. The first kappa shape index (κ1) is 16.4. The molecule has 23 heavy (non-hydrogen) atoms. The molecule has 1 aliphatic heterocycles. The summed E-state index contributed by atoms with van der Waals surface area (Å²) in [6, 6.07) is 3.01. The molecular formula is C13H15N3O4S3. The number of piperidine rings is 1. The van der Waals surface area contributed by atoms with Gasteiger partial charge in [0.05, 0.1) is 0 Å². The van der Waals surface area contributed by atoms with Crippen molar-refractivity contribution in [3.63, 3.8) is 0 Å². The predicted octanol–water partition coefficient (Wildman–Crippen LogP) is 1.08. The molecule has 2 N–H and O–H groups in total. The van der Waals surface area contributed by atoms with Crippen LogP contribution in [0.3, 0.4) is 0 Å². The highest BCUT2D eigenvalue weighted by atomic mass is 32.2. The highest BCUT2D eigenvalue weighted by Crippen LogP contribution is 2.24. The topological polar surface area (TPSA) is 99.3 Å². The van der Waals surface area contributed by atoms with Gasteiger partial charge in [-0.3, -0.25) is 9.59 Å². The monoisotopic (exact) mass is 373 g/mol. The van der Waals surface area contributed by atoms with Gasteiger partial charge in [0.25, 0.3) is 15.9 Å². The Labute approximate surface area is 141 Å². The third kappa shape index (κ3) is 3.55. The maximum absolute atomic E-state index is 12.5. The number of nitrogens with zero attached hydrogens (tertiary/aromatic N) is 1. The number of hydrogen-bond donors (Lipinski definition) is 2. The van der Waals surface area contributed by atoms with Crippen molar-refractivity contribution in [3.8, 4) is 0 Å². The number of sulfonamides is 1. The summed E-state index contributed by atoms with van der Waals surface area (Å²) in [5, 5.41) is 5.97. The summed E-state index contributed by atoms with van der Waals surface area (Å²) in [5.74, 6) is -0.385. The lowest BCUT2D eigenvalue weighted by atomic mass is 10.1. The fourth-order valence-corrected chi connectivity index (χ4v) is 5.70. The van der Waals surface area contributed by atoms with Crippen LogP contribution < -0.4 is 10.2 Å². The van der Waals surface area contributed by atoms with Crippen LogP contribution in [0.5, 0.6) is 0 Å². The van der Waals surface area contributed by atoms with Crippen LogP contribution in [-0.4, -0.2) is 42.7 Å². The van der Waals surface area contributed by atoms with E-state index in [2.05, 4.69) is 10.3 Å². The Morgan fingerprint density at radius 3 is 2.87 bits per heavy atom. The zero-order valence-corrected chi connectivity index (χ0v) is 14.5. The number of rotatable bonds is 4. The number of thiazole rings is 1. The summed E-state index contributed by atoms with van der Waals surface area (Å²) in [6.07, 6.45) is 1.38. The molecule has 1 fully saturated rings. The Hall–Kier alpha value is -1.49. The number of carbonyl (C=O) groups is 1. The lowest BCUT2D eigenvalue weighted by molar-refractivity contribution is 0.0917. The van der Waals surface area contributed by atoms with E-state index < -0.39 is 10.0 Å². The van der Waals surface area contributed by atoms with Gasteiger partial charge >= 0.3 is 4.87 Å². The van der Waals surface area contributed by atoms with Crippen molar-refractivity contribution < 1.29 is 13.2 Å². The highest BCUT2D eigenvalue weighted by Gasteiger charge is 2.31. The van der Waals surface area contributed by atoms with Crippen LogP contribution in [0.4, 0.5) is 0 Å². The fourth-order valence-electron chi connectivity index (χ4n) is 2.47. The molecule has 124 valence electrons. The molecule has 1 aliphatic rings. The standard InChI is InChI=1S/C13H15N3O4S3/c17-12(10-8-22-13(18)15-10)14-9-3-1-5-16(7-9)23(19,20)11-4-2-6-21-11/h2,4,6,8-9H,1,3,5,7H2,(H,14,17)(H,15,18)/t9-/m1/s1. The maximum atomic E-state index is 12.5. The van der Waals surface area contributed by atoms with E-state index >= 15 is 0 Å². The summed E-state index contributed by atoms with van der Waals surface area (Å²) in [5.41, 5.74) is 0.207. The minimum absolute atomic E-state index is 0.207. The van der Waals surface area contributed by atoms with Gasteiger partial charge in [-0.15, -0.1) is 11.3 Å².